The van der Waals surface area contributed by atoms with Crippen molar-refractivity contribution in [1.29, 1.82) is 0 Å². The molecule has 0 spiro atoms. The van der Waals surface area contributed by atoms with E-state index in [1.54, 1.807) is 13.1 Å². The maximum absolute atomic E-state index is 13.9. The predicted molar refractivity (Wildman–Crippen MR) is 114 cm³/mol. The Bertz CT molecular complexity index is 1180. The number of hydrogen-bond donors (Lipinski definition) is 2. The fourth-order valence-corrected chi connectivity index (χ4v) is 3.32. The highest BCUT2D eigenvalue weighted by atomic mass is 19.1. The van der Waals surface area contributed by atoms with Crippen LogP contribution in [0.3, 0.4) is 0 Å². The van der Waals surface area contributed by atoms with Gasteiger partial charge < -0.3 is 15.5 Å². The van der Waals surface area contributed by atoms with Crippen LogP contribution in [0.2, 0.25) is 0 Å². The lowest BCUT2D eigenvalue weighted by Crippen LogP contribution is -2.47. The molecule has 0 unspecified atom stereocenters. The Morgan fingerprint density at radius 3 is 2.45 bits per heavy atom. The lowest BCUT2D eigenvalue weighted by Gasteiger charge is -2.21. The third kappa shape index (κ3) is 4.13. The first kappa shape index (κ1) is 20.2. The van der Waals surface area contributed by atoms with Crippen LogP contribution >= 0.6 is 0 Å². The maximum Gasteiger partial charge on any atom is 0.321 e. The summed E-state index contributed by atoms with van der Waals surface area (Å²) in [4.78, 5) is 31.5. The van der Waals surface area contributed by atoms with Crippen molar-refractivity contribution in [3.63, 3.8) is 0 Å². The summed E-state index contributed by atoms with van der Waals surface area (Å²) < 4.78 is 27.0. The van der Waals surface area contributed by atoms with Crippen LogP contribution in [0, 0.1) is 11.6 Å². The zero-order valence-corrected chi connectivity index (χ0v) is 16.5. The molecule has 2 N–H and O–H groups in total. The van der Waals surface area contributed by atoms with Crippen molar-refractivity contribution in [2.24, 2.45) is 4.99 Å². The quantitative estimate of drug-likeness (QED) is 0.674. The molecule has 31 heavy (non-hydrogen) atoms. The molecule has 0 aromatic heterocycles. The number of fused-ring (bicyclic) bond motifs is 1. The monoisotopic (exact) mass is 420 g/mol. The molecule has 3 amide bonds. The molecular formula is C23H18F2N4O2. The van der Waals surface area contributed by atoms with Crippen molar-refractivity contribution in [2.75, 3.05) is 17.3 Å². The summed E-state index contributed by atoms with van der Waals surface area (Å²) in [7, 11) is 1.59. The molecule has 0 aliphatic carbocycles. The van der Waals surface area contributed by atoms with Gasteiger partial charge in [0.25, 0.3) is 5.91 Å². The fourth-order valence-electron chi connectivity index (χ4n) is 3.32. The third-order valence-corrected chi connectivity index (χ3v) is 4.84. The van der Waals surface area contributed by atoms with Crippen LogP contribution in [0.25, 0.3) is 0 Å². The lowest BCUT2D eigenvalue weighted by molar-refractivity contribution is -0.119. The van der Waals surface area contributed by atoms with E-state index in [1.807, 2.05) is 48.5 Å². The largest absolute Gasteiger partial charge is 0.321 e. The Hall–Kier alpha value is -4.07. The maximum atomic E-state index is 13.9. The molecule has 1 aliphatic rings. The van der Waals surface area contributed by atoms with Crippen molar-refractivity contribution in [1.82, 2.24) is 5.32 Å². The molecule has 1 heterocycles. The third-order valence-electron chi connectivity index (χ3n) is 4.84. The number of nitrogens with zero attached hydrogens (tertiary/aromatic N) is 2. The van der Waals surface area contributed by atoms with E-state index in [-0.39, 0.29) is 5.69 Å². The van der Waals surface area contributed by atoms with Crippen LogP contribution in [0.4, 0.5) is 25.0 Å². The number of urea groups is 1. The van der Waals surface area contributed by atoms with Crippen LogP contribution in [0.1, 0.15) is 11.1 Å². The molecule has 8 heteroatoms. The Labute approximate surface area is 177 Å². The number of anilines is 2. The summed E-state index contributed by atoms with van der Waals surface area (Å²) >= 11 is 0. The number of rotatable bonds is 3. The summed E-state index contributed by atoms with van der Waals surface area (Å²) in [6.45, 7) is 0. The average molecular weight is 420 g/mol. The second kappa shape index (κ2) is 8.35. The van der Waals surface area contributed by atoms with Crippen molar-refractivity contribution in [3.8, 4) is 0 Å². The molecule has 1 aliphatic heterocycles. The zero-order chi connectivity index (χ0) is 22.0. The number of aliphatic imine (C=N–C) groups is 1. The second-order valence-corrected chi connectivity index (χ2v) is 6.88. The molecule has 6 nitrogen and oxygen atoms in total. The molecule has 3 aromatic rings. The van der Waals surface area contributed by atoms with Gasteiger partial charge in [-0.2, -0.15) is 0 Å². The number of para-hydroxylation sites is 1. The predicted octanol–water partition coefficient (Wildman–Crippen LogP) is 3.93. The Balaban J connectivity index is 1.68. The van der Waals surface area contributed by atoms with E-state index in [0.29, 0.717) is 17.5 Å². The van der Waals surface area contributed by atoms with E-state index in [0.717, 1.165) is 23.3 Å². The van der Waals surface area contributed by atoms with E-state index < -0.39 is 29.7 Å². The van der Waals surface area contributed by atoms with Gasteiger partial charge in [-0.3, -0.25) is 4.79 Å². The topological polar surface area (TPSA) is 73.8 Å². The van der Waals surface area contributed by atoms with Gasteiger partial charge >= 0.3 is 6.03 Å². The van der Waals surface area contributed by atoms with E-state index in [4.69, 9.17) is 0 Å². The number of hydrogen-bond acceptors (Lipinski definition) is 3. The molecule has 3 aromatic carbocycles. The highest BCUT2D eigenvalue weighted by Gasteiger charge is 2.31. The molecule has 0 bridgehead atoms. The minimum atomic E-state index is -1.25. The number of amides is 3. The molecule has 0 saturated heterocycles. The van der Waals surface area contributed by atoms with Gasteiger partial charge in [0.2, 0.25) is 6.17 Å². The number of carbonyl (C=O) groups excluding carboxylic acids is 2. The van der Waals surface area contributed by atoms with Crippen LogP contribution in [0.5, 0.6) is 0 Å². The van der Waals surface area contributed by atoms with Gasteiger partial charge in [0.15, 0.2) is 0 Å². The lowest BCUT2D eigenvalue weighted by atomic mass is 10.0. The Morgan fingerprint density at radius 2 is 1.71 bits per heavy atom. The summed E-state index contributed by atoms with van der Waals surface area (Å²) in [5.74, 6) is -2.16. The number of halogens is 2. The van der Waals surface area contributed by atoms with Gasteiger partial charge in [0.1, 0.15) is 11.6 Å². The first-order chi connectivity index (χ1) is 14.9. The molecule has 1 atom stereocenters. The second-order valence-electron chi connectivity index (χ2n) is 6.88. The van der Waals surface area contributed by atoms with Crippen LogP contribution in [-0.4, -0.2) is 30.9 Å². The Morgan fingerprint density at radius 1 is 1.00 bits per heavy atom. The smallest absolute Gasteiger partial charge is 0.311 e. The van der Waals surface area contributed by atoms with Crippen molar-refractivity contribution in [2.45, 2.75) is 6.17 Å². The van der Waals surface area contributed by atoms with E-state index in [9.17, 15) is 18.4 Å². The van der Waals surface area contributed by atoms with Gasteiger partial charge in [-0.25, -0.2) is 18.6 Å². The minimum Gasteiger partial charge on any atom is -0.311 e. The number of likely N-dealkylation sites (N-methyl/N-ethyl adjacent to an activating group) is 1. The molecule has 156 valence electrons. The first-order valence-corrected chi connectivity index (χ1v) is 9.47. The summed E-state index contributed by atoms with van der Waals surface area (Å²) in [6.07, 6.45) is -1.25. The van der Waals surface area contributed by atoms with Gasteiger partial charge in [-0.15, -0.1) is 0 Å². The average Bonchev–Trinajstić information content (AvgIpc) is 2.87. The SMILES string of the molecule is CN1C(=O)[C@H](NC(=O)Nc2ccc(F)cc2F)N=C(c2ccccc2)c2ccccc21. The normalized spacial score (nSPS) is 15.6. The van der Waals surface area contributed by atoms with Gasteiger partial charge in [0, 0.05) is 24.2 Å². The highest BCUT2D eigenvalue weighted by molar-refractivity contribution is 6.20. The van der Waals surface area contributed by atoms with Crippen LogP contribution in [-0.2, 0) is 4.79 Å². The van der Waals surface area contributed by atoms with E-state index in [2.05, 4.69) is 15.6 Å². The summed E-state index contributed by atoms with van der Waals surface area (Å²) in [5, 5.41) is 4.76. The molecular weight excluding hydrogens is 402 g/mol. The summed E-state index contributed by atoms with van der Waals surface area (Å²) in [5.41, 5.74) is 2.47. The number of benzodiazepines with no additional fused rings is 1. The molecule has 0 fully saturated rings. The van der Waals surface area contributed by atoms with Crippen LogP contribution in [0.15, 0.2) is 77.8 Å². The molecule has 0 radical (unpaired) electrons. The van der Waals surface area contributed by atoms with Gasteiger partial charge in [0.05, 0.1) is 17.1 Å². The minimum absolute atomic E-state index is 0.219. The van der Waals surface area contributed by atoms with Crippen molar-refractivity contribution < 1.29 is 18.4 Å². The fraction of sp³-hybridized carbons (Fsp3) is 0.0870. The van der Waals surface area contributed by atoms with E-state index in [1.165, 1.54) is 4.90 Å². The highest BCUT2D eigenvalue weighted by Crippen LogP contribution is 2.27. The van der Waals surface area contributed by atoms with Crippen molar-refractivity contribution >= 4 is 29.0 Å². The van der Waals surface area contributed by atoms with E-state index >= 15 is 0 Å². The zero-order valence-electron chi connectivity index (χ0n) is 16.5. The number of carbonyl (C=O) groups is 2. The number of benzene rings is 3. The standard InChI is InChI=1S/C23H18F2N4O2/c1-29-19-10-6-5-9-16(19)20(14-7-3-2-4-8-14)27-21(22(29)30)28-23(31)26-18-12-11-15(24)13-17(18)25/h2-13,21H,1H3,(H2,26,28,31)/t21-/m0/s1. The van der Waals surface area contributed by atoms with Gasteiger partial charge in [-0.1, -0.05) is 48.5 Å². The summed E-state index contributed by atoms with van der Waals surface area (Å²) in [6, 6.07) is 18.5. The Kier molecular flexibility index (Phi) is 5.44. The number of nitrogens with one attached hydrogen (secondary N) is 2. The van der Waals surface area contributed by atoms with Crippen molar-refractivity contribution in [3.05, 3.63) is 95.6 Å². The molecule has 4 rings (SSSR count). The van der Waals surface area contributed by atoms with Gasteiger partial charge in [-0.05, 0) is 18.2 Å². The molecule has 0 saturated carbocycles. The first-order valence-electron chi connectivity index (χ1n) is 9.47. The van der Waals surface area contributed by atoms with Crippen LogP contribution < -0.4 is 15.5 Å².